The highest BCUT2D eigenvalue weighted by molar-refractivity contribution is 7.99. The van der Waals surface area contributed by atoms with Crippen LogP contribution in [0.5, 0.6) is 0 Å². The highest BCUT2D eigenvalue weighted by atomic mass is 32.2. The lowest BCUT2D eigenvalue weighted by atomic mass is 9.84. The summed E-state index contributed by atoms with van der Waals surface area (Å²) in [6.45, 7) is 0. The maximum atomic E-state index is 5.79. The molecule has 0 spiro atoms. The zero-order valence-electron chi connectivity index (χ0n) is 12.2. The number of nitrogens with zero attached hydrogens (tertiary/aromatic N) is 2. The van der Waals surface area contributed by atoms with Crippen LogP contribution in [0, 0.1) is 0 Å². The smallest absolute Gasteiger partial charge is 0.232 e. The third-order valence-electron chi connectivity index (χ3n) is 4.67. The van der Waals surface area contributed by atoms with E-state index < -0.39 is 0 Å². The maximum Gasteiger partial charge on any atom is 0.232 e. The van der Waals surface area contributed by atoms with Gasteiger partial charge in [-0.1, -0.05) is 24.4 Å². The van der Waals surface area contributed by atoms with E-state index in [4.69, 9.17) is 14.2 Å². The first-order valence-corrected chi connectivity index (χ1v) is 8.59. The number of hydrogen-bond acceptors (Lipinski definition) is 6. The quantitative estimate of drug-likeness (QED) is 0.920. The molecule has 0 amide bonds. The average molecular weight is 297 g/mol. The molecule has 1 aromatic heterocycles. The van der Waals surface area contributed by atoms with E-state index in [0.29, 0.717) is 12.0 Å². The Morgan fingerprint density at radius 2 is 2.10 bits per heavy atom. The van der Waals surface area contributed by atoms with Crippen LogP contribution in [-0.4, -0.2) is 41.8 Å². The minimum atomic E-state index is -0.319. The molecule has 2 unspecified atom stereocenters. The molecule has 112 valence electrons. The number of ether oxygens (including phenoxy) is 1. The van der Waals surface area contributed by atoms with Crippen molar-refractivity contribution in [2.24, 2.45) is 0 Å². The van der Waals surface area contributed by atoms with E-state index in [-0.39, 0.29) is 5.60 Å². The molecule has 1 aliphatic heterocycles. The van der Waals surface area contributed by atoms with Gasteiger partial charge in [0.2, 0.25) is 11.7 Å². The molecule has 5 nitrogen and oxygen atoms in total. The number of methoxy groups -OCH3 is 1. The van der Waals surface area contributed by atoms with Crippen LogP contribution in [0.4, 0.5) is 0 Å². The fourth-order valence-electron chi connectivity index (χ4n) is 3.29. The lowest BCUT2D eigenvalue weighted by Crippen LogP contribution is -2.33. The summed E-state index contributed by atoms with van der Waals surface area (Å²) in [5.74, 6) is 4.00. The van der Waals surface area contributed by atoms with Crippen molar-refractivity contribution in [3.63, 3.8) is 0 Å². The van der Waals surface area contributed by atoms with E-state index >= 15 is 0 Å². The Morgan fingerprint density at radius 3 is 2.80 bits per heavy atom. The summed E-state index contributed by atoms with van der Waals surface area (Å²) in [5.41, 5.74) is -0.319. The van der Waals surface area contributed by atoms with Crippen molar-refractivity contribution in [3.05, 3.63) is 11.7 Å². The van der Waals surface area contributed by atoms with Gasteiger partial charge in [0.05, 0.1) is 5.92 Å². The molecular weight excluding hydrogens is 274 g/mol. The number of aromatic nitrogens is 2. The molecule has 1 saturated carbocycles. The second-order valence-electron chi connectivity index (χ2n) is 5.75. The van der Waals surface area contributed by atoms with Crippen LogP contribution in [0.15, 0.2) is 4.52 Å². The first-order valence-electron chi connectivity index (χ1n) is 7.43. The zero-order chi connectivity index (χ0) is 14.0. The van der Waals surface area contributed by atoms with Gasteiger partial charge in [-0.15, -0.1) is 0 Å². The van der Waals surface area contributed by atoms with Gasteiger partial charge in [-0.2, -0.15) is 16.7 Å². The van der Waals surface area contributed by atoms with Crippen LogP contribution < -0.4 is 5.32 Å². The van der Waals surface area contributed by atoms with Crippen molar-refractivity contribution in [3.8, 4) is 0 Å². The van der Waals surface area contributed by atoms with Crippen molar-refractivity contribution in [2.45, 2.75) is 49.7 Å². The highest BCUT2D eigenvalue weighted by Crippen LogP contribution is 2.40. The van der Waals surface area contributed by atoms with E-state index in [1.54, 1.807) is 7.11 Å². The number of rotatable bonds is 4. The minimum absolute atomic E-state index is 0.319. The minimum Gasteiger partial charge on any atom is -0.370 e. The van der Waals surface area contributed by atoms with E-state index in [0.717, 1.165) is 36.1 Å². The van der Waals surface area contributed by atoms with Crippen LogP contribution in [0.2, 0.25) is 0 Å². The summed E-state index contributed by atoms with van der Waals surface area (Å²) in [5, 5.41) is 7.59. The lowest BCUT2D eigenvalue weighted by molar-refractivity contribution is -0.0527. The monoisotopic (exact) mass is 297 g/mol. The van der Waals surface area contributed by atoms with Gasteiger partial charge in [-0.05, 0) is 19.9 Å². The van der Waals surface area contributed by atoms with Crippen LogP contribution in [0.1, 0.15) is 49.7 Å². The van der Waals surface area contributed by atoms with Crippen molar-refractivity contribution < 1.29 is 9.26 Å². The van der Waals surface area contributed by atoms with Crippen molar-refractivity contribution in [1.82, 2.24) is 15.5 Å². The standard InChI is InChI=1S/C14H23N3O2S/c1-15-11-9-20-8-10(11)12-16-13(17-19-12)14(18-2)6-4-3-5-7-14/h10-11,15H,3-9H2,1-2H3. The SMILES string of the molecule is CNC1CSCC1c1nc(C2(OC)CCCCC2)no1. The Kier molecular flexibility index (Phi) is 4.33. The molecule has 2 fully saturated rings. The molecule has 1 N–H and O–H groups in total. The van der Waals surface area contributed by atoms with E-state index in [2.05, 4.69) is 10.5 Å². The molecule has 0 aromatic carbocycles. The second kappa shape index (κ2) is 6.03. The average Bonchev–Trinajstić information content (AvgIpc) is 3.16. The van der Waals surface area contributed by atoms with Gasteiger partial charge in [0.1, 0.15) is 5.60 Å². The van der Waals surface area contributed by atoms with E-state index in [9.17, 15) is 0 Å². The molecule has 2 atom stereocenters. The van der Waals surface area contributed by atoms with Gasteiger partial charge in [-0.25, -0.2) is 0 Å². The zero-order valence-corrected chi connectivity index (χ0v) is 13.0. The predicted octanol–water partition coefficient (Wildman–Crippen LogP) is 2.29. The molecule has 1 aliphatic carbocycles. The van der Waals surface area contributed by atoms with Crippen LogP contribution in [0.3, 0.4) is 0 Å². The summed E-state index contributed by atoms with van der Waals surface area (Å²) in [4.78, 5) is 4.70. The molecule has 1 saturated heterocycles. The Morgan fingerprint density at radius 1 is 1.30 bits per heavy atom. The Labute approximate surface area is 124 Å². The highest BCUT2D eigenvalue weighted by Gasteiger charge is 2.40. The van der Waals surface area contributed by atoms with Gasteiger partial charge < -0.3 is 14.6 Å². The van der Waals surface area contributed by atoms with E-state index in [1.165, 1.54) is 19.3 Å². The Bertz CT molecular complexity index is 445. The molecule has 0 bridgehead atoms. The third-order valence-corrected chi connectivity index (χ3v) is 5.86. The summed E-state index contributed by atoms with van der Waals surface area (Å²) in [6.07, 6.45) is 5.62. The fraction of sp³-hybridized carbons (Fsp3) is 0.857. The number of likely N-dealkylation sites (N-methyl/N-ethyl adjacent to an activating group) is 1. The number of nitrogens with one attached hydrogen (secondary N) is 1. The summed E-state index contributed by atoms with van der Waals surface area (Å²) < 4.78 is 11.4. The van der Waals surface area contributed by atoms with Crippen LogP contribution in [0.25, 0.3) is 0 Å². The largest absolute Gasteiger partial charge is 0.370 e. The summed E-state index contributed by atoms with van der Waals surface area (Å²) >= 11 is 1.94. The lowest BCUT2D eigenvalue weighted by Gasteiger charge is -2.32. The summed E-state index contributed by atoms with van der Waals surface area (Å²) in [7, 11) is 3.77. The van der Waals surface area contributed by atoms with Gasteiger partial charge in [0.15, 0.2) is 0 Å². The maximum absolute atomic E-state index is 5.79. The van der Waals surface area contributed by atoms with Gasteiger partial charge >= 0.3 is 0 Å². The van der Waals surface area contributed by atoms with E-state index in [1.807, 2.05) is 18.8 Å². The first-order chi connectivity index (χ1) is 9.79. The van der Waals surface area contributed by atoms with Crippen molar-refractivity contribution in [2.75, 3.05) is 25.7 Å². The molecule has 20 heavy (non-hydrogen) atoms. The summed E-state index contributed by atoms with van der Waals surface area (Å²) in [6, 6.07) is 0.429. The molecule has 2 heterocycles. The number of hydrogen-bond donors (Lipinski definition) is 1. The second-order valence-corrected chi connectivity index (χ2v) is 6.83. The topological polar surface area (TPSA) is 60.2 Å². The van der Waals surface area contributed by atoms with Crippen LogP contribution >= 0.6 is 11.8 Å². The molecule has 0 radical (unpaired) electrons. The number of thioether (sulfide) groups is 1. The Balaban J connectivity index is 1.82. The molecule has 6 heteroatoms. The fourth-order valence-corrected chi connectivity index (χ4v) is 4.71. The molecule has 3 rings (SSSR count). The van der Waals surface area contributed by atoms with Crippen molar-refractivity contribution >= 4 is 11.8 Å². The molecule has 1 aromatic rings. The van der Waals surface area contributed by atoms with Gasteiger partial charge in [-0.3, -0.25) is 0 Å². The van der Waals surface area contributed by atoms with Gasteiger partial charge in [0.25, 0.3) is 0 Å². The molecule has 2 aliphatic rings. The normalized spacial score (nSPS) is 29.7. The van der Waals surface area contributed by atoms with Crippen molar-refractivity contribution in [1.29, 1.82) is 0 Å². The molecular formula is C14H23N3O2S. The first kappa shape index (κ1) is 14.4. The third kappa shape index (κ3) is 2.49. The van der Waals surface area contributed by atoms with Gasteiger partial charge in [0, 0.05) is 24.7 Å². The van der Waals surface area contributed by atoms with Crippen LogP contribution in [-0.2, 0) is 10.3 Å². The Hall–Kier alpha value is -0.590. The predicted molar refractivity (Wildman–Crippen MR) is 79.0 cm³/mol.